The van der Waals surface area contributed by atoms with Gasteiger partial charge in [-0.05, 0) is 31.5 Å². The molecule has 0 radical (unpaired) electrons. The summed E-state index contributed by atoms with van der Waals surface area (Å²) in [6.07, 6.45) is 2.04. The third-order valence-corrected chi connectivity index (χ3v) is 3.30. The molecule has 2 aromatic rings. The van der Waals surface area contributed by atoms with Crippen LogP contribution in [0.1, 0.15) is 17.1 Å². The molecule has 0 saturated carbocycles. The quantitative estimate of drug-likeness (QED) is 0.820. The Hall–Kier alpha value is -0.800. The van der Waals surface area contributed by atoms with Crippen LogP contribution in [0.2, 0.25) is 5.02 Å². The van der Waals surface area contributed by atoms with Crippen LogP contribution < -0.4 is 0 Å². The van der Waals surface area contributed by atoms with Gasteiger partial charge in [0.15, 0.2) is 0 Å². The minimum atomic E-state index is 0.763. The molecule has 0 aliphatic heterocycles. The molecule has 0 unspecified atom stereocenters. The van der Waals surface area contributed by atoms with Gasteiger partial charge in [0.25, 0.3) is 0 Å². The summed E-state index contributed by atoms with van der Waals surface area (Å²) in [5.41, 5.74) is 2.14. The molecular formula is C12H12BrClN2. The standard InChI is InChI=1S/C12H12BrClN2/c1-8-6-16(9(2)15-8)7-10-3-4-11(13)5-12(10)14/h3-6H,7H2,1-2H3. The van der Waals surface area contributed by atoms with Gasteiger partial charge in [-0.2, -0.15) is 0 Å². The van der Waals surface area contributed by atoms with Crippen molar-refractivity contribution in [1.82, 2.24) is 9.55 Å². The number of hydrogen-bond acceptors (Lipinski definition) is 1. The number of aromatic nitrogens is 2. The average molecular weight is 300 g/mol. The second-order valence-electron chi connectivity index (χ2n) is 3.79. The molecule has 84 valence electrons. The van der Waals surface area contributed by atoms with Crippen LogP contribution in [-0.4, -0.2) is 9.55 Å². The first-order valence-corrected chi connectivity index (χ1v) is 6.17. The molecule has 0 aliphatic carbocycles. The molecule has 0 amide bonds. The van der Waals surface area contributed by atoms with Crippen molar-refractivity contribution in [2.24, 2.45) is 0 Å². The van der Waals surface area contributed by atoms with E-state index in [0.29, 0.717) is 0 Å². The van der Waals surface area contributed by atoms with Gasteiger partial charge in [-0.15, -0.1) is 0 Å². The normalized spacial score (nSPS) is 10.8. The summed E-state index contributed by atoms with van der Waals surface area (Å²) in [6, 6.07) is 5.94. The molecule has 4 heteroatoms. The number of halogens is 2. The summed E-state index contributed by atoms with van der Waals surface area (Å²) in [5, 5.41) is 0.778. The third kappa shape index (κ3) is 2.47. The molecule has 0 N–H and O–H groups in total. The van der Waals surface area contributed by atoms with Crippen molar-refractivity contribution in [2.45, 2.75) is 20.4 Å². The van der Waals surface area contributed by atoms with Crippen LogP contribution in [0.3, 0.4) is 0 Å². The zero-order valence-corrected chi connectivity index (χ0v) is 11.5. The molecular weight excluding hydrogens is 288 g/mol. The highest BCUT2D eigenvalue weighted by Gasteiger charge is 2.05. The topological polar surface area (TPSA) is 17.8 Å². The molecule has 16 heavy (non-hydrogen) atoms. The van der Waals surface area contributed by atoms with E-state index in [1.165, 1.54) is 0 Å². The van der Waals surface area contributed by atoms with E-state index in [1.54, 1.807) is 0 Å². The van der Waals surface area contributed by atoms with E-state index >= 15 is 0 Å². The molecule has 0 bridgehead atoms. The first-order valence-electron chi connectivity index (χ1n) is 5.00. The molecule has 0 fully saturated rings. The molecule has 2 rings (SSSR count). The Bertz CT molecular complexity index is 520. The Morgan fingerprint density at radius 2 is 2.12 bits per heavy atom. The predicted molar refractivity (Wildman–Crippen MR) is 70.0 cm³/mol. The van der Waals surface area contributed by atoms with Gasteiger partial charge in [-0.25, -0.2) is 4.98 Å². The van der Waals surface area contributed by atoms with Crippen LogP contribution >= 0.6 is 27.5 Å². The zero-order valence-electron chi connectivity index (χ0n) is 9.17. The second-order valence-corrected chi connectivity index (χ2v) is 5.12. The van der Waals surface area contributed by atoms with Gasteiger partial charge >= 0.3 is 0 Å². The maximum absolute atomic E-state index is 6.17. The SMILES string of the molecule is Cc1cn(Cc2ccc(Br)cc2Cl)c(C)n1. The highest BCUT2D eigenvalue weighted by Crippen LogP contribution is 2.22. The summed E-state index contributed by atoms with van der Waals surface area (Å²) in [6.45, 7) is 4.76. The van der Waals surface area contributed by atoms with E-state index < -0.39 is 0 Å². The van der Waals surface area contributed by atoms with E-state index in [1.807, 2.05) is 38.2 Å². The summed E-state index contributed by atoms with van der Waals surface area (Å²) < 4.78 is 3.10. The molecule has 0 spiro atoms. The first-order chi connectivity index (χ1) is 7.56. The van der Waals surface area contributed by atoms with E-state index in [0.717, 1.165) is 33.1 Å². The van der Waals surface area contributed by atoms with E-state index in [4.69, 9.17) is 11.6 Å². The Morgan fingerprint density at radius 3 is 2.69 bits per heavy atom. The maximum Gasteiger partial charge on any atom is 0.106 e. The Labute approximate surface area is 108 Å². The number of imidazole rings is 1. The monoisotopic (exact) mass is 298 g/mol. The van der Waals surface area contributed by atoms with E-state index in [9.17, 15) is 0 Å². The fraction of sp³-hybridized carbons (Fsp3) is 0.250. The lowest BCUT2D eigenvalue weighted by atomic mass is 10.2. The van der Waals surface area contributed by atoms with Gasteiger partial charge in [-0.3, -0.25) is 0 Å². The Balaban J connectivity index is 2.30. The van der Waals surface area contributed by atoms with E-state index in [-0.39, 0.29) is 0 Å². The second kappa shape index (κ2) is 4.60. The van der Waals surface area contributed by atoms with Gasteiger partial charge in [0.1, 0.15) is 5.82 Å². The number of benzene rings is 1. The van der Waals surface area contributed by atoms with Crippen LogP contribution in [0, 0.1) is 13.8 Å². The molecule has 0 atom stereocenters. The Morgan fingerprint density at radius 1 is 1.38 bits per heavy atom. The minimum absolute atomic E-state index is 0.763. The highest BCUT2D eigenvalue weighted by molar-refractivity contribution is 9.10. The Kier molecular flexibility index (Phi) is 3.36. The van der Waals surface area contributed by atoms with Crippen molar-refractivity contribution in [1.29, 1.82) is 0 Å². The number of rotatable bonds is 2. The van der Waals surface area contributed by atoms with Crippen LogP contribution in [0.5, 0.6) is 0 Å². The molecule has 1 aromatic carbocycles. The number of hydrogen-bond donors (Lipinski definition) is 0. The van der Waals surface area contributed by atoms with Gasteiger partial charge in [0, 0.05) is 15.7 Å². The van der Waals surface area contributed by atoms with Gasteiger partial charge in [-0.1, -0.05) is 33.6 Å². The van der Waals surface area contributed by atoms with Crippen LogP contribution in [0.25, 0.3) is 0 Å². The lowest BCUT2D eigenvalue weighted by Crippen LogP contribution is -2.01. The van der Waals surface area contributed by atoms with Crippen molar-refractivity contribution >= 4 is 27.5 Å². The fourth-order valence-electron chi connectivity index (χ4n) is 1.66. The first kappa shape index (κ1) is 11.7. The zero-order chi connectivity index (χ0) is 11.7. The van der Waals surface area contributed by atoms with Gasteiger partial charge in [0.05, 0.1) is 12.2 Å². The van der Waals surface area contributed by atoms with Crippen molar-refractivity contribution in [2.75, 3.05) is 0 Å². The third-order valence-electron chi connectivity index (χ3n) is 2.45. The van der Waals surface area contributed by atoms with Crippen molar-refractivity contribution in [3.63, 3.8) is 0 Å². The van der Waals surface area contributed by atoms with Crippen LogP contribution in [-0.2, 0) is 6.54 Å². The lowest BCUT2D eigenvalue weighted by molar-refractivity contribution is 0.761. The molecule has 0 saturated heterocycles. The van der Waals surface area contributed by atoms with Crippen molar-refractivity contribution < 1.29 is 0 Å². The minimum Gasteiger partial charge on any atom is -0.330 e. The smallest absolute Gasteiger partial charge is 0.106 e. The lowest BCUT2D eigenvalue weighted by Gasteiger charge is -2.07. The van der Waals surface area contributed by atoms with E-state index in [2.05, 4.69) is 25.5 Å². The van der Waals surface area contributed by atoms with Crippen molar-refractivity contribution in [3.8, 4) is 0 Å². The maximum atomic E-state index is 6.17. The summed E-state index contributed by atoms with van der Waals surface area (Å²) in [4.78, 5) is 4.37. The number of aryl methyl sites for hydroxylation is 2. The predicted octanol–water partition coefficient (Wildman–Crippen LogP) is 3.96. The fourth-order valence-corrected chi connectivity index (χ4v) is 2.39. The van der Waals surface area contributed by atoms with Crippen LogP contribution in [0.15, 0.2) is 28.9 Å². The molecule has 1 heterocycles. The molecule has 1 aromatic heterocycles. The summed E-state index contributed by atoms with van der Waals surface area (Å²) >= 11 is 9.57. The molecule has 2 nitrogen and oxygen atoms in total. The highest BCUT2D eigenvalue weighted by atomic mass is 79.9. The van der Waals surface area contributed by atoms with Crippen molar-refractivity contribution in [3.05, 3.63) is 51.0 Å². The van der Waals surface area contributed by atoms with Crippen LogP contribution in [0.4, 0.5) is 0 Å². The molecule has 0 aliphatic rings. The van der Waals surface area contributed by atoms with Gasteiger partial charge in [0.2, 0.25) is 0 Å². The number of nitrogens with zero attached hydrogens (tertiary/aromatic N) is 2. The summed E-state index contributed by atoms with van der Waals surface area (Å²) in [5.74, 6) is 1.01. The summed E-state index contributed by atoms with van der Waals surface area (Å²) in [7, 11) is 0. The van der Waals surface area contributed by atoms with Gasteiger partial charge < -0.3 is 4.57 Å². The largest absolute Gasteiger partial charge is 0.330 e. The average Bonchev–Trinajstić information content (AvgIpc) is 2.50.